The summed E-state index contributed by atoms with van der Waals surface area (Å²) in [7, 11) is 2.14. The molecule has 18 heavy (non-hydrogen) atoms. The summed E-state index contributed by atoms with van der Waals surface area (Å²) >= 11 is 6.27. The van der Waals surface area contributed by atoms with Crippen molar-refractivity contribution in [1.82, 2.24) is 4.90 Å². The van der Waals surface area contributed by atoms with Crippen molar-refractivity contribution in [3.05, 3.63) is 40.9 Å². The van der Waals surface area contributed by atoms with E-state index in [1.165, 1.54) is 11.1 Å². The minimum Gasteiger partial charge on any atom is -0.489 e. The lowest BCUT2D eigenvalue weighted by Crippen LogP contribution is -2.20. The van der Waals surface area contributed by atoms with Crippen molar-refractivity contribution in [3.8, 4) is 5.75 Å². The number of fused-ring (bicyclic) bond motifs is 1. The molecule has 0 aromatic heterocycles. The number of hydrogen-bond acceptors (Lipinski definition) is 2. The van der Waals surface area contributed by atoms with Crippen LogP contribution in [-0.2, 0) is 12.8 Å². The molecule has 1 aromatic rings. The summed E-state index contributed by atoms with van der Waals surface area (Å²) in [5.41, 5.74) is 2.52. The highest BCUT2D eigenvalue weighted by Crippen LogP contribution is 2.31. The molecule has 0 radical (unpaired) electrons. The normalized spacial score (nSPS) is 15.2. The van der Waals surface area contributed by atoms with Crippen LogP contribution in [0.15, 0.2) is 24.8 Å². The molecular formula is C14H19Cl2NO. The van der Waals surface area contributed by atoms with Gasteiger partial charge in [-0.05, 0) is 37.6 Å². The molecule has 0 amide bonds. The Morgan fingerprint density at radius 1 is 1.33 bits per heavy atom. The molecule has 2 rings (SSSR count). The maximum Gasteiger partial charge on any atom is 0.123 e. The quantitative estimate of drug-likeness (QED) is 0.791. The van der Waals surface area contributed by atoms with Gasteiger partial charge in [-0.2, -0.15) is 0 Å². The van der Waals surface area contributed by atoms with Crippen molar-refractivity contribution in [2.24, 2.45) is 0 Å². The van der Waals surface area contributed by atoms with Crippen LogP contribution in [0.25, 0.3) is 0 Å². The van der Waals surface area contributed by atoms with Gasteiger partial charge in [0.05, 0.1) is 0 Å². The third kappa shape index (κ3) is 3.41. The fraction of sp³-hybridized carbons (Fsp3) is 0.429. The minimum absolute atomic E-state index is 0. The third-order valence-corrected chi connectivity index (χ3v) is 3.53. The second-order valence-electron chi connectivity index (χ2n) is 4.41. The highest BCUT2D eigenvalue weighted by molar-refractivity contribution is 6.31. The molecule has 0 atom stereocenters. The molecule has 0 bridgehead atoms. The molecular weight excluding hydrogens is 269 g/mol. The Morgan fingerprint density at radius 3 is 2.67 bits per heavy atom. The van der Waals surface area contributed by atoms with Gasteiger partial charge in [0.1, 0.15) is 12.4 Å². The van der Waals surface area contributed by atoms with Crippen LogP contribution in [0.5, 0.6) is 5.75 Å². The summed E-state index contributed by atoms with van der Waals surface area (Å²) in [6.07, 6.45) is 3.76. The number of likely N-dealkylation sites (N-methyl/N-ethyl adjacent to an activating group) is 1. The number of ether oxygens (including phenoxy) is 1. The monoisotopic (exact) mass is 287 g/mol. The van der Waals surface area contributed by atoms with Crippen LogP contribution < -0.4 is 4.74 Å². The van der Waals surface area contributed by atoms with Gasteiger partial charge in [-0.1, -0.05) is 24.3 Å². The predicted molar refractivity (Wildman–Crippen MR) is 79.3 cm³/mol. The molecule has 1 aliphatic rings. The lowest BCUT2D eigenvalue weighted by atomic mass is 10.0. The number of hydrogen-bond donors (Lipinski definition) is 0. The maximum absolute atomic E-state index is 6.27. The van der Waals surface area contributed by atoms with Gasteiger partial charge in [-0.25, -0.2) is 0 Å². The predicted octanol–water partition coefficient (Wildman–Crippen LogP) is 3.36. The zero-order chi connectivity index (χ0) is 12.3. The van der Waals surface area contributed by atoms with Crippen LogP contribution in [-0.4, -0.2) is 31.6 Å². The second kappa shape index (κ2) is 7.03. The van der Waals surface area contributed by atoms with Gasteiger partial charge in [0.15, 0.2) is 0 Å². The fourth-order valence-electron chi connectivity index (χ4n) is 2.19. The Labute approximate surface area is 120 Å². The molecule has 0 saturated carbocycles. The zero-order valence-corrected chi connectivity index (χ0v) is 12.2. The van der Waals surface area contributed by atoms with E-state index in [9.17, 15) is 0 Å². The molecule has 1 aliphatic heterocycles. The van der Waals surface area contributed by atoms with Gasteiger partial charge in [-0.3, -0.25) is 0 Å². The maximum atomic E-state index is 6.27. The van der Waals surface area contributed by atoms with Gasteiger partial charge in [0.25, 0.3) is 0 Å². The molecule has 1 heterocycles. The first kappa shape index (κ1) is 15.4. The lowest BCUT2D eigenvalue weighted by Gasteiger charge is -2.13. The summed E-state index contributed by atoms with van der Waals surface area (Å²) in [6.45, 7) is 6.33. The molecule has 0 unspecified atom stereocenters. The van der Waals surface area contributed by atoms with E-state index in [-0.39, 0.29) is 12.4 Å². The van der Waals surface area contributed by atoms with Gasteiger partial charge < -0.3 is 9.64 Å². The Hall–Kier alpha value is -0.700. The largest absolute Gasteiger partial charge is 0.489 e. The molecule has 0 aliphatic carbocycles. The summed E-state index contributed by atoms with van der Waals surface area (Å²) in [5, 5.41) is 0.862. The molecule has 4 heteroatoms. The number of nitrogens with zero attached hydrogens (tertiary/aromatic N) is 1. The SMILES string of the molecule is C=CCOc1ccc(Cl)c2c1CCN(C)CC2.Cl. The first-order valence-corrected chi connectivity index (χ1v) is 6.32. The van der Waals surface area contributed by atoms with Crippen LogP contribution >= 0.6 is 24.0 Å². The van der Waals surface area contributed by atoms with Crippen molar-refractivity contribution in [1.29, 1.82) is 0 Å². The topological polar surface area (TPSA) is 12.5 Å². The molecule has 0 fully saturated rings. The van der Waals surface area contributed by atoms with Crippen LogP contribution in [0.1, 0.15) is 11.1 Å². The van der Waals surface area contributed by atoms with Crippen molar-refractivity contribution in [2.75, 3.05) is 26.7 Å². The van der Waals surface area contributed by atoms with E-state index in [0.29, 0.717) is 6.61 Å². The zero-order valence-electron chi connectivity index (χ0n) is 10.6. The fourth-order valence-corrected chi connectivity index (χ4v) is 2.46. The molecule has 0 spiro atoms. The number of rotatable bonds is 3. The molecule has 0 N–H and O–H groups in total. The van der Waals surface area contributed by atoms with E-state index in [1.807, 2.05) is 12.1 Å². The van der Waals surface area contributed by atoms with Crippen LogP contribution in [0.4, 0.5) is 0 Å². The summed E-state index contributed by atoms with van der Waals surface area (Å²) < 4.78 is 5.70. The van der Waals surface area contributed by atoms with E-state index in [2.05, 4.69) is 18.5 Å². The Bertz CT molecular complexity index is 421. The second-order valence-corrected chi connectivity index (χ2v) is 4.81. The Balaban J connectivity index is 0.00000162. The Morgan fingerprint density at radius 2 is 2.00 bits per heavy atom. The number of benzene rings is 1. The van der Waals surface area contributed by atoms with Crippen molar-refractivity contribution >= 4 is 24.0 Å². The minimum atomic E-state index is 0. The van der Waals surface area contributed by atoms with Crippen molar-refractivity contribution < 1.29 is 4.74 Å². The Kier molecular flexibility index (Phi) is 6.00. The van der Waals surface area contributed by atoms with E-state index in [0.717, 1.165) is 36.7 Å². The first-order chi connectivity index (χ1) is 8.22. The summed E-state index contributed by atoms with van der Waals surface area (Å²) in [4.78, 5) is 2.33. The standard InChI is InChI=1S/C14H18ClNO.ClH/c1-3-10-17-14-5-4-13(15)11-6-8-16(2)9-7-12(11)14;/h3-5H,1,6-10H2,2H3;1H. The summed E-state index contributed by atoms with van der Waals surface area (Å²) in [6, 6.07) is 3.90. The van der Waals surface area contributed by atoms with Crippen LogP contribution in [0, 0.1) is 0 Å². The van der Waals surface area contributed by atoms with Gasteiger partial charge in [0.2, 0.25) is 0 Å². The molecule has 2 nitrogen and oxygen atoms in total. The molecule has 100 valence electrons. The van der Waals surface area contributed by atoms with Crippen molar-refractivity contribution in [3.63, 3.8) is 0 Å². The van der Waals surface area contributed by atoms with E-state index in [1.54, 1.807) is 6.08 Å². The van der Waals surface area contributed by atoms with Crippen LogP contribution in [0.2, 0.25) is 5.02 Å². The first-order valence-electron chi connectivity index (χ1n) is 5.95. The average molecular weight is 288 g/mol. The summed E-state index contributed by atoms with van der Waals surface area (Å²) in [5.74, 6) is 0.958. The van der Waals surface area contributed by atoms with Gasteiger partial charge in [0, 0.05) is 23.7 Å². The van der Waals surface area contributed by atoms with E-state index in [4.69, 9.17) is 16.3 Å². The van der Waals surface area contributed by atoms with E-state index >= 15 is 0 Å². The highest BCUT2D eigenvalue weighted by Gasteiger charge is 2.17. The third-order valence-electron chi connectivity index (χ3n) is 3.17. The highest BCUT2D eigenvalue weighted by atomic mass is 35.5. The molecule has 1 aromatic carbocycles. The smallest absolute Gasteiger partial charge is 0.123 e. The van der Waals surface area contributed by atoms with E-state index < -0.39 is 0 Å². The average Bonchev–Trinajstić information content (AvgIpc) is 2.52. The van der Waals surface area contributed by atoms with Crippen molar-refractivity contribution in [2.45, 2.75) is 12.8 Å². The lowest BCUT2D eigenvalue weighted by molar-refractivity contribution is 0.344. The van der Waals surface area contributed by atoms with Crippen LogP contribution in [0.3, 0.4) is 0 Å². The van der Waals surface area contributed by atoms with Gasteiger partial charge in [-0.15, -0.1) is 12.4 Å². The van der Waals surface area contributed by atoms with Gasteiger partial charge >= 0.3 is 0 Å². The molecule has 0 saturated heterocycles. The number of halogens is 2.